The number of rotatable bonds is 47. The number of carbonyl (C=O) groups is 1. The molecule has 1 heterocycles. The van der Waals surface area contributed by atoms with E-state index in [2.05, 4.69) is 177 Å². The average molecular weight is 1050 g/mol. The van der Waals surface area contributed by atoms with Crippen LogP contribution < -0.4 is 5.32 Å². The molecular formula is C67H105NO8. The van der Waals surface area contributed by atoms with Crippen molar-refractivity contribution in [3.05, 3.63) is 170 Å². The molecule has 0 radical (unpaired) electrons. The summed E-state index contributed by atoms with van der Waals surface area (Å²) in [6.45, 7) is 3.58. The minimum Gasteiger partial charge on any atom is -0.394 e. The van der Waals surface area contributed by atoms with Gasteiger partial charge >= 0.3 is 0 Å². The van der Waals surface area contributed by atoms with Crippen LogP contribution >= 0.6 is 0 Å². The Kier molecular flexibility index (Phi) is 49.4. The summed E-state index contributed by atoms with van der Waals surface area (Å²) >= 11 is 0. The molecule has 1 aliphatic rings. The first-order valence-electron chi connectivity index (χ1n) is 29.4. The molecule has 7 atom stereocenters. The van der Waals surface area contributed by atoms with Crippen LogP contribution in [0.4, 0.5) is 0 Å². The van der Waals surface area contributed by atoms with E-state index in [1.165, 1.54) is 25.7 Å². The van der Waals surface area contributed by atoms with Gasteiger partial charge in [-0.1, -0.05) is 223 Å². The summed E-state index contributed by atoms with van der Waals surface area (Å²) in [5.41, 5.74) is 0. The number of hydrogen-bond acceptors (Lipinski definition) is 8. The van der Waals surface area contributed by atoms with Crippen LogP contribution in [-0.2, 0) is 14.3 Å². The van der Waals surface area contributed by atoms with Crippen molar-refractivity contribution in [3.8, 4) is 0 Å². The lowest BCUT2D eigenvalue weighted by molar-refractivity contribution is -0.302. The normalized spacial score (nSPS) is 20.1. The quantitative estimate of drug-likeness (QED) is 0.0261. The van der Waals surface area contributed by atoms with Gasteiger partial charge < -0.3 is 40.3 Å². The fourth-order valence-corrected chi connectivity index (χ4v) is 7.90. The highest BCUT2D eigenvalue weighted by Crippen LogP contribution is 2.22. The Morgan fingerprint density at radius 3 is 1.26 bits per heavy atom. The van der Waals surface area contributed by atoms with Crippen molar-refractivity contribution in [1.29, 1.82) is 0 Å². The lowest BCUT2D eigenvalue weighted by Crippen LogP contribution is -2.60. The van der Waals surface area contributed by atoms with Crippen molar-refractivity contribution in [2.24, 2.45) is 0 Å². The minimum atomic E-state index is -1.59. The largest absolute Gasteiger partial charge is 0.394 e. The van der Waals surface area contributed by atoms with Gasteiger partial charge in [-0.2, -0.15) is 0 Å². The molecule has 7 unspecified atom stereocenters. The Morgan fingerprint density at radius 1 is 0.461 bits per heavy atom. The maximum absolute atomic E-state index is 13.0. The maximum Gasteiger partial charge on any atom is 0.220 e. The van der Waals surface area contributed by atoms with Gasteiger partial charge in [0.05, 0.1) is 25.4 Å². The molecule has 0 aromatic rings. The highest BCUT2D eigenvalue weighted by Gasteiger charge is 2.44. The first-order valence-corrected chi connectivity index (χ1v) is 29.4. The molecular weight excluding hydrogens is 947 g/mol. The van der Waals surface area contributed by atoms with Crippen molar-refractivity contribution < 1.29 is 39.8 Å². The fraction of sp³-hybridized carbons (Fsp3) is 0.567. The smallest absolute Gasteiger partial charge is 0.220 e. The topological polar surface area (TPSA) is 149 Å². The highest BCUT2D eigenvalue weighted by atomic mass is 16.7. The summed E-state index contributed by atoms with van der Waals surface area (Å²) < 4.78 is 11.2. The van der Waals surface area contributed by atoms with Crippen LogP contribution in [0.15, 0.2) is 170 Å². The molecule has 0 aliphatic carbocycles. The van der Waals surface area contributed by atoms with Gasteiger partial charge in [-0.25, -0.2) is 0 Å². The maximum atomic E-state index is 13.0. The Labute approximate surface area is 462 Å². The van der Waals surface area contributed by atoms with Crippen molar-refractivity contribution >= 4 is 5.91 Å². The van der Waals surface area contributed by atoms with E-state index < -0.39 is 49.5 Å². The molecule has 9 nitrogen and oxygen atoms in total. The molecule has 1 rings (SSSR count). The van der Waals surface area contributed by atoms with Crippen LogP contribution in [0.2, 0.25) is 0 Å². The second-order valence-electron chi connectivity index (χ2n) is 19.3. The summed E-state index contributed by atoms with van der Waals surface area (Å²) in [7, 11) is 0. The first kappa shape index (κ1) is 69.6. The number of allylic oxidation sites excluding steroid dienone is 27. The third-order valence-corrected chi connectivity index (χ3v) is 12.5. The highest BCUT2D eigenvalue weighted by molar-refractivity contribution is 5.76. The molecule has 1 amide bonds. The Bertz CT molecular complexity index is 1790. The number of amides is 1. The second kappa shape index (κ2) is 53.9. The first-order chi connectivity index (χ1) is 37.3. The number of hydrogen-bond donors (Lipinski definition) is 6. The molecule has 1 saturated heterocycles. The molecule has 1 fully saturated rings. The third-order valence-electron chi connectivity index (χ3n) is 12.5. The van der Waals surface area contributed by atoms with Gasteiger partial charge in [0.2, 0.25) is 5.91 Å². The lowest BCUT2D eigenvalue weighted by atomic mass is 9.99. The van der Waals surface area contributed by atoms with Crippen LogP contribution in [0.25, 0.3) is 0 Å². The van der Waals surface area contributed by atoms with Gasteiger partial charge in [0.1, 0.15) is 24.4 Å². The van der Waals surface area contributed by atoms with Crippen LogP contribution in [0.3, 0.4) is 0 Å². The van der Waals surface area contributed by atoms with Crippen molar-refractivity contribution in [2.45, 2.75) is 230 Å². The predicted octanol–water partition coefficient (Wildman–Crippen LogP) is 15.0. The van der Waals surface area contributed by atoms with Crippen molar-refractivity contribution in [1.82, 2.24) is 5.32 Å². The van der Waals surface area contributed by atoms with Gasteiger partial charge in [-0.05, 0) is 128 Å². The summed E-state index contributed by atoms with van der Waals surface area (Å²) in [4.78, 5) is 13.0. The zero-order chi connectivity index (χ0) is 55.0. The molecule has 0 bridgehead atoms. The summed E-state index contributed by atoms with van der Waals surface area (Å²) in [5, 5.41) is 54.3. The second-order valence-corrected chi connectivity index (χ2v) is 19.3. The Hall–Kier alpha value is -4.45. The Morgan fingerprint density at radius 2 is 0.829 bits per heavy atom. The number of nitrogens with one attached hydrogen (secondary N) is 1. The van der Waals surface area contributed by atoms with Crippen LogP contribution in [-0.4, -0.2) is 87.5 Å². The van der Waals surface area contributed by atoms with Crippen LogP contribution in [0, 0.1) is 0 Å². The zero-order valence-electron chi connectivity index (χ0n) is 47.2. The molecule has 0 saturated carbocycles. The monoisotopic (exact) mass is 1050 g/mol. The van der Waals surface area contributed by atoms with Crippen LogP contribution in [0.1, 0.15) is 187 Å². The van der Waals surface area contributed by atoms with Gasteiger partial charge in [0, 0.05) is 6.42 Å². The van der Waals surface area contributed by atoms with Crippen molar-refractivity contribution in [2.75, 3.05) is 13.2 Å². The zero-order valence-corrected chi connectivity index (χ0v) is 47.2. The number of aliphatic hydroxyl groups excluding tert-OH is 5. The number of carbonyl (C=O) groups excluding carboxylic acids is 1. The molecule has 0 aromatic carbocycles. The summed E-state index contributed by atoms with van der Waals surface area (Å²) in [6.07, 6.45) is 79.9. The Balaban J connectivity index is 2.22. The molecule has 6 N–H and O–H groups in total. The molecule has 0 aromatic heterocycles. The number of aliphatic hydroxyl groups is 5. The number of ether oxygens (including phenoxy) is 2. The van der Waals surface area contributed by atoms with Gasteiger partial charge in [0.15, 0.2) is 6.29 Å². The van der Waals surface area contributed by atoms with E-state index in [1.54, 1.807) is 6.08 Å². The molecule has 1 aliphatic heterocycles. The van der Waals surface area contributed by atoms with E-state index in [1.807, 2.05) is 6.08 Å². The SMILES string of the molecule is CC/C=C\C/C=C\C/C=C\C/C=C\C/C=C\C/C=C\C/C=C\C/C=C\C/C=C\C/C=C\C/C=C\CCCCCCCC(=O)NC(COC1OC(CO)C(O)C(O)C1O)C(O)/C=C/CC/C=C/CC/C=C/CCCCCC. The van der Waals surface area contributed by atoms with E-state index in [9.17, 15) is 30.3 Å². The van der Waals surface area contributed by atoms with E-state index in [0.717, 1.165) is 128 Å². The van der Waals surface area contributed by atoms with E-state index in [-0.39, 0.29) is 12.5 Å². The van der Waals surface area contributed by atoms with Gasteiger partial charge in [0.25, 0.3) is 0 Å². The lowest BCUT2D eigenvalue weighted by Gasteiger charge is -2.40. The summed E-state index contributed by atoms with van der Waals surface area (Å²) in [5.74, 6) is -0.219. The standard InChI is InChI=1S/C67H105NO8/c1-3-5-7-9-11-13-15-17-19-20-21-22-23-24-25-26-27-28-29-30-31-32-33-34-35-36-37-38-39-40-41-42-43-45-47-49-51-53-55-57-63(71)68-60(59-75-67-66(74)65(73)64(72)62(58-69)76-67)61(70)56-54-52-50-48-46-44-18-16-14-12-10-8-6-4-2/h5,7,11,13-14,16-17,19,21-22,24-25,27-28,30-31,33-34,36-37,39-40,42-43,46,48,54,56,60-62,64-67,69-70,72-74H,3-4,6,8-10,12,15,18,20,23,26,29,32,35,38,41,44-45,47,49-53,55,57-59H2,1-2H3,(H,68,71)/b7-5-,13-11-,16-14+,19-17-,22-21-,25-24-,28-27-,31-30-,34-33-,37-36-,40-39-,43-42-,48-46+,56-54+. The molecule has 426 valence electrons. The predicted molar refractivity (Wildman–Crippen MR) is 322 cm³/mol. The van der Waals surface area contributed by atoms with Gasteiger partial charge in [-0.15, -0.1) is 0 Å². The minimum absolute atomic E-state index is 0.219. The molecule has 9 heteroatoms. The van der Waals surface area contributed by atoms with Gasteiger partial charge in [-0.3, -0.25) is 4.79 Å². The number of unbranched alkanes of at least 4 members (excludes halogenated alkanes) is 11. The fourth-order valence-electron chi connectivity index (χ4n) is 7.90. The van der Waals surface area contributed by atoms with Crippen molar-refractivity contribution in [3.63, 3.8) is 0 Å². The van der Waals surface area contributed by atoms with E-state index in [0.29, 0.717) is 19.3 Å². The molecule has 76 heavy (non-hydrogen) atoms. The van der Waals surface area contributed by atoms with E-state index >= 15 is 0 Å². The third kappa shape index (κ3) is 42.6. The average Bonchev–Trinajstić information content (AvgIpc) is 3.42. The van der Waals surface area contributed by atoms with Crippen LogP contribution in [0.5, 0.6) is 0 Å². The van der Waals surface area contributed by atoms with E-state index in [4.69, 9.17) is 9.47 Å². The molecule has 0 spiro atoms. The summed E-state index contributed by atoms with van der Waals surface area (Å²) in [6, 6.07) is -0.851.